The van der Waals surface area contributed by atoms with Crippen LogP contribution in [0.5, 0.6) is 0 Å². The first kappa shape index (κ1) is 13.1. The van der Waals surface area contributed by atoms with E-state index >= 15 is 0 Å². The molecule has 1 aliphatic rings. The Morgan fingerprint density at radius 1 is 1.50 bits per heavy atom. The number of aromatic nitrogens is 2. The molecular weight excluding hydrogens is 230 g/mol. The standard InChI is InChI=1S/C13H21N3O2/c1-15-9-12(8-14-15)10-16-6-4-11(5-7-16)2-3-13(17)18/h8-9,11H,2-7,10H2,1H3,(H,17,18). The molecule has 2 rings (SSSR count). The van der Waals surface area contributed by atoms with Crippen molar-refractivity contribution in [2.24, 2.45) is 13.0 Å². The average molecular weight is 251 g/mol. The van der Waals surface area contributed by atoms with E-state index < -0.39 is 5.97 Å². The molecule has 0 aliphatic carbocycles. The summed E-state index contributed by atoms with van der Waals surface area (Å²) in [6, 6.07) is 0. The van der Waals surface area contributed by atoms with Gasteiger partial charge in [-0.2, -0.15) is 5.10 Å². The largest absolute Gasteiger partial charge is 0.481 e. The molecule has 100 valence electrons. The van der Waals surface area contributed by atoms with Gasteiger partial charge in [0, 0.05) is 31.8 Å². The van der Waals surface area contributed by atoms with Crippen molar-refractivity contribution in [1.82, 2.24) is 14.7 Å². The van der Waals surface area contributed by atoms with Crippen molar-refractivity contribution in [2.45, 2.75) is 32.2 Å². The molecule has 18 heavy (non-hydrogen) atoms. The van der Waals surface area contributed by atoms with E-state index in [1.54, 1.807) is 0 Å². The molecule has 2 heterocycles. The summed E-state index contributed by atoms with van der Waals surface area (Å²) in [6.07, 6.45) is 7.34. The van der Waals surface area contributed by atoms with Crippen LogP contribution >= 0.6 is 0 Å². The molecule has 1 aromatic heterocycles. The smallest absolute Gasteiger partial charge is 0.303 e. The lowest BCUT2D eigenvalue weighted by atomic mass is 9.92. The van der Waals surface area contributed by atoms with Crippen molar-refractivity contribution >= 4 is 5.97 Å². The maximum Gasteiger partial charge on any atom is 0.303 e. The lowest BCUT2D eigenvalue weighted by Crippen LogP contribution is -2.33. The first-order chi connectivity index (χ1) is 8.63. The Kier molecular flexibility index (Phi) is 4.36. The third-order valence-corrected chi connectivity index (χ3v) is 3.64. The summed E-state index contributed by atoms with van der Waals surface area (Å²) < 4.78 is 1.83. The number of carboxylic acids is 1. The first-order valence-corrected chi connectivity index (χ1v) is 6.55. The Morgan fingerprint density at radius 3 is 2.78 bits per heavy atom. The van der Waals surface area contributed by atoms with Crippen LogP contribution in [0, 0.1) is 5.92 Å². The number of carbonyl (C=O) groups is 1. The molecule has 1 aliphatic heterocycles. The van der Waals surface area contributed by atoms with Gasteiger partial charge >= 0.3 is 5.97 Å². The molecule has 0 atom stereocenters. The minimum absolute atomic E-state index is 0.313. The molecule has 1 fully saturated rings. The van der Waals surface area contributed by atoms with Crippen molar-refractivity contribution < 1.29 is 9.90 Å². The summed E-state index contributed by atoms with van der Waals surface area (Å²) in [4.78, 5) is 13.0. The zero-order valence-electron chi connectivity index (χ0n) is 10.9. The highest BCUT2D eigenvalue weighted by atomic mass is 16.4. The number of hydrogen-bond acceptors (Lipinski definition) is 3. The number of aryl methyl sites for hydroxylation is 1. The summed E-state index contributed by atoms with van der Waals surface area (Å²) >= 11 is 0. The number of nitrogens with zero attached hydrogens (tertiary/aromatic N) is 3. The Hall–Kier alpha value is -1.36. The SMILES string of the molecule is Cn1cc(CN2CCC(CCC(=O)O)CC2)cn1. The highest BCUT2D eigenvalue weighted by Crippen LogP contribution is 2.22. The van der Waals surface area contributed by atoms with E-state index in [1.165, 1.54) is 5.56 Å². The normalized spacial score (nSPS) is 18.1. The second kappa shape index (κ2) is 6.00. The van der Waals surface area contributed by atoms with Gasteiger partial charge in [0.05, 0.1) is 6.20 Å². The average Bonchev–Trinajstić information content (AvgIpc) is 2.74. The van der Waals surface area contributed by atoms with E-state index in [0.717, 1.165) is 38.9 Å². The predicted molar refractivity (Wildman–Crippen MR) is 68.1 cm³/mol. The van der Waals surface area contributed by atoms with Crippen LogP contribution in [0.3, 0.4) is 0 Å². The zero-order valence-corrected chi connectivity index (χ0v) is 10.9. The summed E-state index contributed by atoms with van der Waals surface area (Å²) in [6.45, 7) is 3.10. The van der Waals surface area contributed by atoms with Gasteiger partial charge in [-0.3, -0.25) is 14.4 Å². The van der Waals surface area contributed by atoms with Crippen molar-refractivity contribution in [3.8, 4) is 0 Å². The summed E-state index contributed by atoms with van der Waals surface area (Å²) in [5, 5.41) is 12.8. The third-order valence-electron chi connectivity index (χ3n) is 3.64. The Bertz CT molecular complexity index is 395. The van der Waals surface area contributed by atoms with Gasteiger partial charge in [-0.25, -0.2) is 0 Å². The number of carboxylic acid groups (broad SMARTS) is 1. The van der Waals surface area contributed by atoms with Crippen molar-refractivity contribution in [3.63, 3.8) is 0 Å². The van der Waals surface area contributed by atoms with Gasteiger partial charge in [-0.15, -0.1) is 0 Å². The van der Waals surface area contributed by atoms with Crippen LogP contribution in [0.4, 0.5) is 0 Å². The summed E-state index contributed by atoms with van der Waals surface area (Å²) in [5.74, 6) is -0.0842. The molecule has 0 amide bonds. The fraction of sp³-hybridized carbons (Fsp3) is 0.692. The third kappa shape index (κ3) is 3.84. The molecule has 0 bridgehead atoms. The molecule has 1 aromatic rings. The highest BCUT2D eigenvalue weighted by molar-refractivity contribution is 5.66. The van der Waals surface area contributed by atoms with Crippen LogP contribution in [0.1, 0.15) is 31.2 Å². The van der Waals surface area contributed by atoms with E-state index in [4.69, 9.17) is 5.11 Å². The van der Waals surface area contributed by atoms with Crippen molar-refractivity contribution in [3.05, 3.63) is 18.0 Å². The van der Waals surface area contributed by atoms with Crippen LogP contribution in [0.25, 0.3) is 0 Å². The fourth-order valence-corrected chi connectivity index (χ4v) is 2.57. The van der Waals surface area contributed by atoms with Crippen LogP contribution in [0.2, 0.25) is 0 Å². The van der Waals surface area contributed by atoms with Gasteiger partial charge < -0.3 is 5.11 Å². The Balaban J connectivity index is 1.71. The van der Waals surface area contributed by atoms with Crippen molar-refractivity contribution in [2.75, 3.05) is 13.1 Å². The fourth-order valence-electron chi connectivity index (χ4n) is 2.57. The zero-order chi connectivity index (χ0) is 13.0. The number of aliphatic carboxylic acids is 1. The van der Waals surface area contributed by atoms with Gasteiger partial charge in [0.25, 0.3) is 0 Å². The van der Waals surface area contributed by atoms with E-state index in [0.29, 0.717) is 12.3 Å². The monoisotopic (exact) mass is 251 g/mol. The van der Waals surface area contributed by atoms with E-state index in [9.17, 15) is 4.79 Å². The van der Waals surface area contributed by atoms with Crippen molar-refractivity contribution in [1.29, 1.82) is 0 Å². The van der Waals surface area contributed by atoms with Crippen LogP contribution < -0.4 is 0 Å². The lowest BCUT2D eigenvalue weighted by molar-refractivity contribution is -0.137. The predicted octanol–water partition coefficient (Wildman–Crippen LogP) is 1.50. The molecule has 0 saturated carbocycles. The number of hydrogen-bond donors (Lipinski definition) is 1. The van der Waals surface area contributed by atoms with E-state index in [1.807, 2.05) is 17.9 Å². The molecule has 5 heteroatoms. The quantitative estimate of drug-likeness (QED) is 0.861. The lowest BCUT2D eigenvalue weighted by Gasteiger charge is -2.31. The minimum atomic E-state index is -0.673. The van der Waals surface area contributed by atoms with Crippen LogP contribution in [-0.2, 0) is 18.4 Å². The molecule has 1 saturated heterocycles. The highest BCUT2D eigenvalue weighted by Gasteiger charge is 2.20. The molecule has 5 nitrogen and oxygen atoms in total. The number of piperidine rings is 1. The topological polar surface area (TPSA) is 58.4 Å². The molecule has 0 aromatic carbocycles. The van der Waals surface area contributed by atoms with Gasteiger partial charge in [-0.1, -0.05) is 0 Å². The number of likely N-dealkylation sites (tertiary alicyclic amines) is 1. The van der Waals surface area contributed by atoms with E-state index in [-0.39, 0.29) is 0 Å². The Morgan fingerprint density at radius 2 is 2.22 bits per heavy atom. The van der Waals surface area contributed by atoms with E-state index in [2.05, 4.69) is 16.2 Å². The van der Waals surface area contributed by atoms with Crippen LogP contribution in [0.15, 0.2) is 12.4 Å². The molecule has 1 N–H and O–H groups in total. The maximum absolute atomic E-state index is 10.5. The van der Waals surface area contributed by atoms with Gasteiger partial charge in [-0.05, 0) is 38.3 Å². The molecule has 0 radical (unpaired) electrons. The molecular formula is C13H21N3O2. The molecule has 0 unspecified atom stereocenters. The summed E-state index contributed by atoms with van der Waals surface area (Å²) in [7, 11) is 1.93. The second-order valence-electron chi connectivity index (χ2n) is 5.17. The van der Waals surface area contributed by atoms with Crippen LogP contribution in [-0.4, -0.2) is 38.8 Å². The summed E-state index contributed by atoms with van der Waals surface area (Å²) in [5.41, 5.74) is 1.25. The Labute approximate surface area is 107 Å². The second-order valence-corrected chi connectivity index (χ2v) is 5.17. The first-order valence-electron chi connectivity index (χ1n) is 6.55. The van der Waals surface area contributed by atoms with Gasteiger partial charge in [0.15, 0.2) is 0 Å². The molecule has 0 spiro atoms. The maximum atomic E-state index is 10.5. The number of rotatable bonds is 5. The van der Waals surface area contributed by atoms with Gasteiger partial charge in [0.2, 0.25) is 0 Å². The van der Waals surface area contributed by atoms with Gasteiger partial charge in [0.1, 0.15) is 0 Å². The minimum Gasteiger partial charge on any atom is -0.481 e.